The van der Waals surface area contributed by atoms with Crippen molar-refractivity contribution in [3.63, 3.8) is 0 Å². The van der Waals surface area contributed by atoms with Gasteiger partial charge in [0.05, 0.1) is 0 Å². The van der Waals surface area contributed by atoms with Gasteiger partial charge in [-0.1, -0.05) is 12.1 Å². The fourth-order valence-corrected chi connectivity index (χ4v) is 3.91. The minimum atomic E-state index is -1.12. The molecule has 1 atom stereocenters. The van der Waals surface area contributed by atoms with Crippen LogP contribution in [0.5, 0.6) is 0 Å². The van der Waals surface area contributed by atoms with Gasteiger partial charge in [0.15, 0.2) is 5.54 Å². The number of thiophene rings is 1. The standard InChI is InChI=1S/C17H17N3O3S2/c1-17(13-7-4-8-25-13)15(22)20(16(23)19-17)10-14(21)18-11-5-3-6-12(9-11)24-2/h3-9H,10H2,1-2H3,(H,18,21)(H,19,23)/t17-/m0/s1. The number of urea groups is 1. The number of nitrogens with one attached hydrogen (secondary N) is 2. The monoisotopic (exact) mass is 375 g/mol. The van der Waals surface area contributed by atoms with E-state index in [2.05, 4.69) is 10.6 Å². The number of hydrogen-bond donors (Lipinski definition) is 2. The molecule has 1 saturated heterocycles. The number of imide groups is 1. The van der Waals surface area contributed by atoms with Crippen molar-refractivity contribution in [1.29, 1.82) is 0 Å². The minimum Gasteiger partial charge on any atom is -0.324 e. The van der Waals surface area contributed by atoms with E-state index in [4.69, 9.17) is 0 Å². The highest BCUT2D eigenvalue weighted by molar-refractivity contribution is 7.98. The summed E-state index contributed by atoms with van der Waals surface area (Å²) in [4.78, 5) is 39.9. The van der Waals surface area contributed by atoms with Gasteiger partial charge in [0.25, 0.3) is 5.91 Å². The molecule has 0 bridgehead atoms. The Labute approximate surface area is 153 Å². The Kier molecular flexibility index (Phi) is 4.82. The van der Waals surface area contributed by atoms with Crippen LogP contribution in [0.15, 0.2) is 46.7 Å². The van der Waals surface area contributed by atoms with Gasteiger partial charge >= 0.3 is 6.03 Å². The van der Waals surface area contributed by atoms with Crippen LogP contribution in [0.25, 0.3) is 0 Å². The second-order valence-electron chi connectivity index (χ2n) is 5.70. The average Bonchev–Trinajstić information content (AvgIpc) is 3.20. The molecule has 0 unspecified atom stereocenters. The zero-order chi connectivity index (χ0) is 18.0. The Morgan fingerprint density at radius 2 is 2.12 bits per heavy atom. The van der Waals surface area contributed by atoms with Crippen molar-refractivity contribution in [3.8, 4) is 0 Å². The number of hydrogen-bond acceptors (Lipinski definition) is 5. The van der Waals surface area contributed by atoms with E-state index >= 15 is 0 Å². The first kappa shape index (κ1) is 17.5. The Bertz CT molecular complexity index is 822. The fourth-order valence-electron chi connectivity index (χ4n) is 2.62. The number of carbonyl (C=O) groups is 3. The number of amides is 4. The predicted octanol–water partition coefficient (Wildman–Crippen LogP) is 2.88. The summed E-state index contributed by atoms with van der Waals surface area (Å²) in [5.74, 6) is -0.842. The fraction of sp³-hybridized carbons (Fsp3) is 0.235. The lowest BCUT2D eigenvalue weighted by molar-refractivity contribution is -0.133. The highest BCUT2D eigenvalue weighted by Crippen LogP contribution is 2.31. The van der Waals surface area contributed by atoms with Gasteiger partial charge in [-0.25, -0.2) is 4.79 Å². The van der Waals surface area contributed by atoms with Crippen molar-refractivity contribution in [2.45, 2.75) is 17.4 Å². The minimum absolute atomic E-state index is 0.324. The number of nitrogens with zero attached hydrogens (tertiary/aromatic N) is 1. The molecule has 25 heavy (non-hydrogen) atoms. The number of benzene rings is 1. The molecule has 3 rings (SSSR count). The van der Waals surface area contributed by atoms with Gasteiger partial charge < -0.3 is 10.6 Å². The lowest BCUT2D eigenvalue weighted by Gasteiger charge is -2.20. The third-order valence-corrected chi connectivity index (χ3v) is 5.76. The normalized spacial score (nSPS) is 19.8. The van der Waals surface area contributed by atoms with E-state index in [9.17, 15) is 14.4 Å². The highest BCUT2D eigenvalue weighted by atomic mass is 32.2. The van der Waals surface area contributed by atoms with E-state index in [0.29, 0.717) is 5.69 Å². The lowest BCUT2D eigenvalue weighted by atomic mass is 10.0. The highest BCUT2D eigenvalue weighted by Gasteiger charge is 2.50. The van der Waals surface area contributed by atoms with Crippen molar-refractivity contribution >= 4 is 46.6 Å². The molecule has 8 heteroatoms. The van der Waals surface area contributed by atoms with E-state index in [-0.39, 0.29) is 6.54 Å². The average molecular weight is 375 g/mol. The summed E-state index contributed by atoms with van der Waals surface area (Å²) >= 11 is 2.95. The maximum Gasteiger partial charge on any atom is 0.325 e. The third kappa shape index (κ3) is 3.40. The van der Waals surface area contributed by atoms with Crippen molar-refractivity contribution in [2.24, 2.45) is 0 Å². The van der Waals surface area contributed by atoms with E-state index in [0.717, 1.165) is 14.7 Å². The summed E-state index contributed by atoms with van der Waals surface area (Å²) in [5.41, 5.74) is -0.491. The Balaban J connectivity index is 1.71. The lowest BCUT2D eigenvalue weighted by Crippen LogP contribution is -2.41. The van der Waals surface area contributed by atoms with Crippen LogP contribution in [0.3, 0.4) is 0 Å². The van der Waals surface area contributed by atoms with Crippen molar-refractivity contribution < 1.29 is 14.4 Å². The Morgan fingerprint density at radius 1 is 1.32 bits per heavy atom. The van der Waals surface area contributed by atoms with Gasteiger partial charge in [-0.3, -0.25) is 14.5 Å². The van der Waals surface area contributed by atoms with Crippen LogP contribution >= 0.6 is 23.1 Å². The zero-order valence-electron chi connectivity index (χ0n) is 13.7. The van der Waals surface area contributed by atoms with Gasteiger partial charge in [0.1, 0.15) is 6.54 Å². The van der Waals surface area contributed by atoms with Crippen LogP contribution in [-0.4, -0.2) is 35.5 Å². The molecule has 0 saturated carbocycles. The Morgan fingerprint density at radius 3 is 2.80 bits per heavy atom. The van der Waals surface area contributed by atoms with Crippen LogP contribution in [-0.2, 0) is 15.1 Å². The van der Waals surface area contributed by atoms with Gasteiger partial charge in [-0.2, -0.15) is 0 Å². The second kappa shape index (κ2) is 6.89. The van der Waals surface area contributed by atoms with Gasteiger partial charge in [0, 0.05) is 15.5 Å². The van der Waals surface area contributed by atoms with E-state index < -0.39 is 23.4 Å². The number of thioether (sulfide) groups is 1. The van der Waals surface area contributed by atoms with Crippen LogP contribution < -0.4 is 10.6 Å². The first-order valence-corrected chi connectivity index (χ1v) is 9.66. The molecule has 2 heterocycles. The summed E-state index contributed by atoms with van der Waals surface area (Å²) in [5, 5.41) is 7.25. The summed E-state index contributed by atoms with van der Waals surface area (Å²) in [6.45, 7) is 1.33. The van der Waals surface area contributed by atoms with E-state index in [1.807, 2.05) is 35.9 Å². The van der Waals surface area contributed by atoms with Crippen molar-refractivity contribution in [2.75, 3.05) is 18.1 Å². The van der Waals surface area contributed by atoms with Gasteiger partial charge in [-0.05, 0) is 42.8 Å². The van der Waals surface area contributed by atoms with E-state index in [1.165, 1.54) is 11.3 Å². The molecule has 1 aromatic heterocycles. The van der Waals surface area contributed by atoms with Gasteiger partial charge in [0.2, 0.25) is 5.91 Å². The SMILES string of the molecule is CSc1cccc(NC(=O)CN2C(=O)N[C@@](C)(c3cccs3)C2=O)c1. The molecule has 1 aliphatic rings. The quantitative estimate of drug-likeness (QED) is 0.622. The summed E-state index contributed by atoms with van der Waals surface area (Å²) < 4.78 is 0. The smallest absolute Gasteiger partial charge is 0.324 e. The molecule has 6 nitrogen and oxygen atoms in total. The summed E-state index contributed by atoms with van der Waals surface area (Å²) in [6, 6.07) is 10.4. The second-order valence-corrected chi connectivity index (χ2v) is 7.53. The van der Waals surface area contributed by atoms with E-state index in [1.54, 1.807) is 30.8 Å². The molecular weight excluding hydrogens is 358 g/mol. The molecular formula is C17H17N3O3S2. The molecule has 4 amide bonds. The topological polar surface area (TPSA) is 78.5 Å². The zero-order valence-corrected chi connectivity index (χ0v) is 15.4. The van der Waals surface area contributed by atoms with Crippen molar-refractivity contribution in [3.05, 3.63) is 46.7 Å². The van der Waals surface area contributed by atoms with Crippen LogP contribution in [0.1, 0.15) is 11.8 Å². The van der Waals surface area contributed by atoms with Crippen LogP contribution in [0.4, 0.5) is 10.5 Å². The molecule has 1 aliphatic heterocycles. The molecule has 1 fully saturated rings. The number of rotatable bonds is 5. The number of carbonyl (C=O) groups excluding carboxylic acids is 3. The molecule has 2 N–H and O–H groups in total. The molecule has 0 radical (unpaired) electrons. The van der Waals surface area contributed by atoms with Crippen LogP contribution in [0.2, 0.25) is 0 Å². The summed E-state index contributed by atoms with van der Waals surface area (Å²) in [6.07, 6.45) is 1.94. The first-order chi connectivity index (χ1) is 11.9. The first-order valence-electron chi connectivity index (χ1n) is 7.56. The molecule has 1 aromatic carbocycles. The third-order valence-electron chi connectivity index (χ3n) is 3.94. The maximum absolute atomic E-state index is 12.7. The van der Waals surface area contributed by atoms with Gasteiger partial charge in [-0.15, -0.1) is 23.1 Å². The van der Waals surface area contributed by atoms with Crippen molar-refractivity contribution in [1.82, 2.24) is 10.2 Å². The van der Waals surface area contributed by atoms with Crippen LogP contribution in [0, 0.1) is 0 Å². The molecule has 130 valence electrons. The molecule has 0 spiro atoms. The predicted molar refractivity (Wildman–Crippen MR) is 98.8 cm³/mol. The number of anilines is 1. The molecule has 0 aliphatic carbocycles. The Hall–Kier alpha value is -2.32. The maximum atomic E-state index is 12.7. The summed E-state index contributed by atoms with van der Waals surface area (Å²) in [7, 11) is 0. The molecule has 2 aromatic rings. The largest absolute Gasteiger partial charge is 0.325 e.